The summed E-state index contributed by atoms with van der Waals surface area (Å²) in [6.07, 6.45) is 0. The lowest BCUT2D eigenvalue weighted by molar-refractivity contribution is -0.306. The molecular formula is C2H5O3. The molecule has 0 aliphatic heterocycles. The largest absolute Gasteiger partial charge is 0.394 e. The molecule has 31 valence electrons. The van der Waals surface area contributed by atoms with E-state index in [1.165, 1.54) is 0 Å². The Morgan fingerprint density at radius 3 is 2.80 bits per heavy atom. The van der Waals surface area contributed by atoms with Gasteiger partial charge >= 0.3 is 0 Å². The molecule has 3 heteroatoms. The lowest BCUT2D eigenvalue weighted by Gasteiger charge is -1.78. The van der Waals surface area contributed by atoms with E-state index in [4.69, 9.17) is 10.6 Å². The van der Waals surface area contributed by atoms with Gasteiger partial charge in [0.15, 0.2) is 0 Å². The van der Waals surface area contributed by atoms with E-state index >= 15 is 0 Å². The van der Waals surface area contributed by atoms with Gasteiger partial charge in [0.2, 0.25) is 0 Å². The van der Waals surface area contributed by atoms with E-state index in [-0.39, 0.29) is 0 Å². The molecule has 0 fully saturated rings. The Bertz CT molecular complexity index is 96.5. The third-order valence-electron chi connectivity index (χ3n) is 0.0873. The summed E-state index contributed by atoms with van der Waals surface area (Å²) in [5.74, 6) is 0. The summed E-state index contributed by atoms with van der Waals surface area (Å²) >= 11 is 0. The van der Waals surface area contributed by atoms with Gasteiger partial charge in [-0.1, -0.05) is 0 Å². The first-order chi connectivity index (χ1) is 3.81. The van der Waals surface area contributed by atoms with Crippen LogP contribution in [0.25, 0.3) is 0 Å². The predicted molar refractivity (Wildman–Crippen MR) is 13.7 cm³/mol. The van der Waals surface area contributed by atoms with Gasteiger partial charge in [0.1, 0.15) is 6.56 Å². The van der Waals surface area contributed by atoms with E-state index < -0.39 is 13.1 Å². The first kappa shape index (κ1) is 1.18. The Balaban J connectivity index is 4.14. The normalized spacial score (nSPS) is 26.0. The maximum Gasteiger partial charge on any atom is 0.109 e. The van der Waals surface area contributed by atoms with Gasteiger partial charge < -0.3 is 5.11 Å². The van der Waals surface area contributed by atoms with Crippen LogP contribution in [-0.4, -0.2) is 18.2 Å². The van der Waals surface area contributed by atoms with Gasteiger partial charge in [0.25, 0.3) is 0 Å². The van der Waals surface area contributed by atoms with Crippen LogP contribution in [-0.2, 0) is 10.1 Å². The topological polar surface area (TPSA) is 49.4 Å². The molecule has 0 aromatic heterocycles. The molecule has 0 saturated heterocycles. The van der Waals surface area contributed by atoms with Crippen LogP contribution in [0.3, 0.4) is 0 Å². The zero-order valence-electron chi connectivity index (χ0n) is 6.26. The Labute approximate surface area is 35.4 Å². The number of hydrogen-bond acceptors (Lipinski definition) is 2. The summed E-state index contributed by atoms with van der Waals surface area (Å²) in [6.45, 7) is -6.44. The zero-order valence-corrected chi connectivity index (χ0v) is 2.26. The fourth-order valence-electron chi connectivity index (χ4n) is 0.0186. The first-order valence-corrected chi connectivity index (χ1v) is 0.844. The van der Waals surface area contributed by atoms with Crippen LogP contribution < -0.4 is 0 Å². The average molecular weight is 81.1 g/mol. The molecule has 5 heavy (non-hydrogen) atoms. The highest BCUT2D eigenvalue weighted by molar-refractivity contribution is 4.09. The molecule has 0 aliphatic carbocycles. The van der Waals surface area contributed by atoms with Crippen molar-refractivity contribution in [3.8, 4) is 0 Å². The van der Waals surface area contributed by atoms with Crippen LogP contribution in [0.15, 0.2) is 0 Å². The molecule has 0 bridgehead atoms. The van der Waals surface area contributed by atoms with E-state index in [0.717, 1.165) is 0 Å². The third-order valence-corrected chi connectivity index (χ3v) is 0.0873. The molecule has 0 spiro atoms. The van der Waals surface area contributed by atoms with Gasteiger partial charge in [-0.3, -0.25) is 0 Å². The Hall–Kier alpha value is -0.120. The molecular weight excluding hydrogens is 72.0 g/mol. The fraction of sp³-hybridized carbons (Fsp3) is 1.00. The van der Waals surface area contributed by atoms with Crippen LogP contribution in [0.4, 0.5) is 0 Å². The Kier molecular flexibility index (Phi) is 0.918. The third kappa shape index (κ3) is 3.88. The number of rotatable bonds is 2. The van der Waals surface area contributed by atoms with Crippen molar-refractivity contribution in [2.75, 3.05) is 13.1 Å². The highest BCUT2D eigenvalue weighted by Gasteiger charge is 1.71. The van der Waals surface area contributed by atoms with Gasteiger partial charge in [-0.25, -0.2) is 4.89 Å². The van der Waals surface area contributed by atoms with Crippen molar-refractivity contribution >= 4 is 0 Å². The maximum absolute atomic E-state index is 9.32. The molecule has 1 N–H and O–H groups in total. The quantitative estimate of drug-likeness (QED) is 0.354. The predicted octanol–water partition coefficient (Wildman–Crippen LogP) is -0.659. The smallest absolute Gasteiger partial charge is 0.109 e. The van der Waals surface area contributed by atoms with Crippen LogP contribution in [0, 0.1) is 0 Å². The van der Waals surface area contributed by atoms with Crippen molar-refractivity contribution in [1.82, 2.24) is 0 Å². The molecule has 0 aromatic carbocycles. The number of hydrogen-bond donors (Lipinski definition) is 1. The molecule has 0 rings (SSSR count). The molecule has 0 heterocycles. The van der Waals surface area contributed by atoms with E-state index in [2.05, 4.69) is 4.89 Å². The van der Waals surface area contributed by atoms with Gasteiger partial charge in [-0.15, -0.1) is 0 Å². The van der Waals surface area contributed by atoms with E-state index in [0.29, 0.717) is 0 Å². The molecule has 0 unspecified atom stereocenters. The zero-order chi connectivity index (χ0) is 7.71. The minimum atomic E-state index is -3.26. The highest BCUT2D eigenvalue weighted by Crippen LogP contribution is 1.57. The fourth-order valence-corrected chi connectivity index (χ4v) is 0.0186. The maximum atomic E-state index is 9.32. The van der Waals surface area contributed by atoms with Crippen molar-refractivity contribution in [2.24, 2.45) is 0 Å². The lowest BCUT2D eigenvalue weighted by atomic mass is 10.8. The Morgan fingerprint density at radius 2 is 2.80 bits per heavy atom. The molecule has 0 atom stereocenters. The monoisotopic (exact) mass is 81.0 g/mol. The van der Waals surface area contributed by atoms with Crippen LogP contribution in [0.1, 0.15) is 5.48 Å². The average Bonchev–Trinajstić information content (AvgIpc) is 1.64. The van der Waals surface area contributed by atoms with E-state index in [1.54, 1.807) is 0 Å². The summed E-state index contributed by atoms with van der Waals surface area (Å²) in [7, 11) is 0. The second-order valence-electron chi connectivity index (χ2n) is 0.297. The molecule has 0 aromatic rings. The first-order valence-electron chi connectivity index (χ1n) is 2.84. The second-order valence-corrected chi connectivity index (χ2v) is 0.297. The summed E-state index contributed by atoms with van der Waals surface area (Å²) in [5, 5.41) is 17.5. The minimum absolute atomic E-state index is 2.76. The summed E-state index contributed by atoms with van der Waals surface area (Å²) < 4.78 is 25.2. The lowest BCUT2D eigenvalue weighted by Crippen LogP contribution is -1.91. The van der Waals surface area contributed by atoms with Crippen LogP contribution in [0.2, 0.25) is 0 Å². The van der Waals surface area contributed by atoms with Crippen molar-refractivity contribution < 1.29 is 20.7 Å². The molecule has 0 saturated carbocycles. The molecule has 3 nitrogen and oxygen atoms in total. The second kappa shape index (κ2) is 3.88. The van der Waals surface area contributed by atoms with Crippen LogP contribution in [0.5, 0.6) is 0 Å². The van der Waals surface area contributed by atoms with Crippen LogP contribution >= 0.6 is 0 Å². The highest BCUT2D eigenvalue weighted by atomic mass is 17.1. The SMILES string of the molecule is [2H]C([2H])(O)C([2H])([2H])O[O]. The van der Waals surface area contributed by atoms with E-state index in [9.17, 15) is 5.26 Å². The summed E-state index contributed by atoms with van der Waals surface area (Å²) in [4.78, 5) is 2.76. The van der Waals surface area contributed by atoms with Gasteiger partial charge in [-0.05, 0) is 5.26 Å². The minimum Gasteiger partial charge on any atom is -0.394 e. The standard InChI is InChI=1S/C2H5O3/c3-1-2-5-4/h3H,1-2H2/i1D2,2D2. The molecule has 0 amide bonds. The molecule has 1 radical (unpaired) electrons. The van der Waals surface area contributed by atoms with Gasteiger partial charge in [0.05, 0.1) is 12.0 Å². The summed E-state index contributed by atoms with van der Waals surface area (Å²) in [5.41, 5.74) is 0. The van der Waals surface area contributed by atoms with Gasteiger partial charge in [-0.2, -0.15) is 0 Å². The van der Waals surface area contributed by atoms with Crippen molar-refractivity contribution in [3.05, 3.63) is 0 Å². The van der Waals surface area contributed by atoms with Crippen molar-refractivity contribution in [2.45, 2.75) is 0 Å². The molecule has 0 aliphatic rings. The number of aliphatic hydroxyl groups is 1. The van der Waals surface area contributed by atoms with E-state index in [1.807, 2.05) is 0 Å². The van der Waals surface area contributed by atoms with Crippen molar-refractivity contribution in [3.63, 3.8) is 0 Å². The Morgan fingerprint density at radius 1 is 2.20 bits per heavy atom. The van der Waals surface area contributed by atoms with Gasteiger partial charge in [0, 0.05) is 0 Å². The van der Waals surface area contributed by atoms with Crippen molar-refractivity contribution in [1.29, 1.82) is 0 Å². The summed E-state index contributed by atoms with van der Waals surface area (Å²) in [6, 6.07) is 0.